The molecule has 0 unspecified atom stereocenters. The van der Waals surface area contributed by atoms with Gasteiger partial charge in [-0.2, -0.15) is 5.10 Å². The molecule has 1 aromatic rings. The van der Waals surface area contributed by atoms with Crippen LogP contribution >= 0.6 is 0 Å². The van der Waals surface area contributed by atoms with E-state index in [9.17, 15) is 0 Å². The molecule has 0 radical (unpaired) electrons. The zero-order valence-electron chi connectivity index (χ0n) is 6.82. The lowest BCUT2D eigenvalue weighted by molar-refractivity contribution is 0.390. The second-order valence-corrected chi connectivity index (χ2v) is 3.12. The average Bonchev–Trinajstić information content (AvgIpc) is 2.68. The minimum absolute atomic E-state index is 0.319. The summed E-state index contributed by atoms with van der Waals surface area (Å²) in [5.74, 6) is 0. The molecule has 3 nitrogen and oxygen atoms in total. The SMILES string of the molecule is CC(C)n1nccc1[C@@H]1CO1. The van der Waals surface area contributed by atoms with Crippen molar-refractivity contribution in [2.24, 2.45) is 0 Å². The van der Waals surface area contributed by atoms with Crippen LogP contribution in [0.15, 0.2) is 12.3 Å². The van der Waals surface area contributed by atoms with E-state index in [2.05, 4.69) is 18.9 Å². The summed E-state index contributed by atoms with van der Waals surface area (Å²) in [6, 6.07) is 2.46. The highest BCUT2D eigenvalue weighted by molar-refractivity contribution is 5.09. The topological polar surface area (TPSA) is 30.4 Å². The third-order valence-corrected chi connectivity index (χ3v) is 1.85. The predicted octanol–water partition coefficient (Wildman–Crippen LogP) is 1.54. The van der Waals surface area contributed by atoms with Crippen molar-refractivity contribution in [1.82, 2.24) is 9.78 Å². The standard InChI is InChI=1S/C8H12N2O/c1-6(2)10-7(3-4-9-10)8-5-11-8/h3-4,6,8H,5H2,1-2H3/t8-/m0/s1. The molecule has 0 saturated carbocycles. The van der Waals surface area contributed by atoms with Crippen LogP contribution in [0.1, 0.15) is 31.7 Å². The Morgan fingerprint density at radius 3 is 3.00 bits per heavy atom. The zero-order valence-corrected chi connectivity index (χ0v) is 6.82. The van der Waals surface area contributed by atoms with Gasteiger partial charge in [0.1, 0.15) is 6.10 Å². The maximum atomic E-state index is 5.18. The molecule has 1 fully saturated rings. The second kappa shape index (κ2) is 2.34. The molecule has 0 amide bonds. The van der Waals surface area contributed by atoms with Crippen molar-refractivity contribution in [3.63, 3.8) is 0 Å². The van der Waals surface area contributed by atoms with Crippen LogP contribution in [0, 0.1) is 0 Å². The number of rotatable bonds is 2. The Hall–Kier alpha value is -0.830. The van der Waals surface area contributed by atoms with Gasteiger partial charge in [-0.15, -0.1) is 0 Å². The van der Waals surface area contributed by atoms with E-state index in [-0.39, 0.29) is 0 Å². The minimum atomic E-state index is 0.319. The molecule has 0 bridgehead atoms. The first-order valence-electron chi connectivity index (χ1n) is 3.94. The quantitative estimate of drug-likeness (QED) is 0.602. The number of ether oxygens (including phenoxy) is 1. The fourth-order valence-electron chi connectivity index (χ4n) is 1.23. The van der Waals surface area contributed by atoms with Gasteiger partial charge in [0.15, 0.2) is 0 Å². The molecule has 1 saturated heterocycles. The van der Waals surface area contributed by atoms with Crippen molar-refractivity contribution >= 4 is 0 Å². The molecule has 1 aromatic heterocycles. The van der Waals surface area contributed by atoms with Gasteiger partial charge in [0.05, 0.1) is 12.3 Å². The normalized spacial score (nSPS) is 22.6. The number of nitrogens with zero attached hydrogens (tertiary/aromatic N) is 2. The van der Waals surface area contributed by atoms with Gasteiger partial charge in [-0.05, 0) is 19.9 Å². The maximum Gasteiger partial charge on any atom is 0.123 e. The third-order valence-electron chi connectivity index (χ3n) is 1.85. The van der Waals surface area contributed by atoms with Crippen LogP contribution in [0.3, 0.4) is 0 Å². The van der Waals surface area contributed by atoms with Gasteiger partial charge >= 0.3 is 0 Å². The summed E-state index contributed by atoms with van der Waals surface area (Å²) in [5, 5.41) is 4.21. The largest absolute Gasteiger partial charge is 0.366 e. The summed E-state index contributed by atoms with van der Waals surface area (Å²) >= 11 is 0. The van der Waals surface area contributed by atoms with Gasteiger partial charge in [0.2, 0.25) is 0 Å². The Labute approximate surface area is 66.0 Å². The van der Waals surface area contributed by atoms with Crippen LogP contribution in [-0.4, -0.2) is 16.4 Å². The van der Waals surface area contributed by atoms with Crippen LogP contribution in [0.4, 0.5) is 0 Å². The van der Waals surface area contributed by atoms with Crippen LogP contribution in [0.2, 0.25) is 0 Å². The first kappa shape index (κ1) is 6.85. The number of epoxide rings is 1. The molecule has 2 heterocycles. The van der Waals surface area contributed by atoms with Gasteiger partial charge < -0.3 is 4.74 Å². The first-order valence-corrected chi connectivity index (χ1v) is 3.94. The Kier molecular flexibility index (Phi) is 1.46. The lowest BCUT2D eigenvalue weighted by Gasteiger charge is -2.08. The number of aromatic nitrogens is 2. The Balaban J connectivity index is 2.30. The molecule has 11 heavy (non-hydrogen) atoms. The summed E-state index contributed by atoms with van der Waals surface area (Å²) in [6.07, 6.45) is 2.15. The van der Waals surface area contributed by atoms with E-state index in [0.717, 1.165) is 6.61 Å². The van der Waals surface area contributed by atoms with Crippen molar-refractivity contribution < 1.29 is 4.74 Å². The fraction of sp³-hybridized carbons (Fsp3) is 0.625. The Morgan fingerprint density at radius 1 is 1.73 bits per heavy atom. The zero-order chi connectivity index (χ0) is 7.84. The molecule has 2 rings (SSSR count). The van der Waals surface area contributed by atoms with Gasteiger partial charge in [-0.25, -0.2) is 0 Å². The van der Waals surface area contributed by atoms with E-state index in [1.807, 2.05) is 16.9 Å². The molecule has 60 valence electrons. The molecule has 1 atom stereocenters. The highest BCUT2D eigenvalue weighted by Crippen LogP contribution is 2.30. The van der Waals surface area contributed by atoms with E-state index < -0.39 is 0 Å². The van der Waals surface area contributed by atoms with Crippen LogP contribution < -0.4 is 0 Å². The van der Waals surface area contributed by atoms with E-state index in [1.54, 1.807) is 0 Å². The third kappa shape index (κ3) is 1.16. The van der Waals surface area contributed by atoms with Gasteiger partial charge in [-0.3, -0.25) is 4.68 Å². The van der Waals surface area contributed by atoms with Gasteiger partial charge in [0.25, 0.3) is 0 Å². The lowest BCUT2D eigenvalue weighted by atomic mass is 10.3. The Morgan fingerprint density at radius 2 is 2.45 bits per heavy atom. The first-order chi connectivity index (χ1) is 5.29. The monoisotopic (exact) mass is 152 g/mol. The van der Waals surface area contributed by atoms with Crippen molar-refractivity contribution in [3.05, 3.63) is 18.0 Å². The van der Waals surface area contributed by atoms with Crippen molar-refractivity contribution in [3.8, 4) is 0 Å². The van der Waals surface area contributed by atoms with Gasteiger partial charge in [-0.1, -0.05) is 0 Å². The van der Waals surface area contributed by atoms with Crippen molar-refractivity contribution in [2.75, 3.05) is 6.61 Å². The lowest BCUT2D eigenvalue weighted by Crippen LogP contribution is -2.06. The van der Waals surface area contributed by atoms with Crippen molar-refractivity contribution in [1.29, 1.82) is 0 Å². The van der Waals surface area contributed by atoms with Crippen molar-refractivity contribution in [2.45, 2.75) is 26.0 Å². The summed E-state index contributed by atoms with van der Waals surface area (Å²) in [7, 11) is 0. The van der Waals surface area contributed by atoms with E-state index in [0.29, 0.717) is 12.1 Å². The maximum absolute atomic E-state index is 5.18. The van der Waals surface area contributed by atoms with Crippen LogP contribution in [-0.2, 0) is 4.74 Å². The molecule has 0 aromatic carbocycles. The number of hydrogen-bond donors (Lipinski definition) is 0. The number of hydrogen-bond acceptors (Lipinski definition) is 2. The Bertz CT molecular complexity index is 234. The summed E-state index contributed by atoms with van der Waals surface area (Å²) < 4.78 is 7.19. The van der Waals surface area contributed by atoms with E-state index >= 15 is 0 Å². The van der Waals surface area contributed by atoms with Crippen LogP contribution in [0.5, 0.6) is 0 Å². The molecule has 0 N–H and O–H groups in total. The molecule has 1 aliphatic heterocycles. The average molecular weight is 152 g/mol. The van der Waals surface area contributed by atoms with Crippen LogP contribution in [0.25, 0.3) is 0 Å². The highest BCUT2D eigenvalue weighted by atomic mass is 16.6. The fourth-order valence-corrected chi connectivity index (χ4v) is 1.23. The second-order valence-electron chi connectivity index (χ2n) is 3.12. The minimum Gasteiger partial charge on any atom is -0.366 e. The highest BCUT2D eigenvalue weighted by Gasteiger charge is 2.28. The summed E-state index contributed by atoms with van der Waals surface area (Å²) in [4.78, 5) is 0. The summed E-state index contributed by atoms with van der Waals surface area (Å²) in [6.45, 7) is 5.11. The molecule has 3 heteroatoms. The molecule has 0 aliphatic carbocycles. The molecular formula is C8H12N2O. The van der Waals surface area contributed by atoms with Gasteiger partial charge in [0, 0.05) is 12.2 Å². The summed E-state index contributed by atoms with van der Waals surface area (Å²) in [5.41, 5.74) is 1.21. The predicted molar refractivity (Wildman–Crippen MR) is 41.3 cm³/mol. The van der Waals surface area contributed by atoms with E-state index in [4.69, 9.17) is 4.74 Å². The molecule has 1 aliphatic rings. The molecular weight excluding hydrogens is 140 g/mol. The van der Waals surface area contributed by atoms with E-state index in [1.165, 1.54) is 5.69 Å². The smallest absolute Gasteiger partial charge is 0.123 e. The molecule has 0 spiro atoms.